The first kappa shape index (κ1) is 17.7. The van der Waals surface area contributed by atoms with Crippen LogP contribution in [-0.4, -0.2) is 54.5 Å². The average Bonchev–Trinajstić information content (AvgIpc) is 3.30. The summed E-state index contributed by atoms with van der Waals surface area (Å²) in [7, 11) is 1.70. The Morgan fingerprint density at radius 1 is 1.00 bits per heavy atom. The number of nitrogens with zero attached hydrogens (tertiary/aromatic N) is 1. The Balaban J connectivity index is 1.69. The van der Waals surface area contributed by atoms with Crippen LogP contribution in [0.4, 0.5) is 4.79 Å². The molecule has 7 nitrogen and oxygen atoms in total. The first-order valence-electron chi connectivity index (χ1n) is 8.56. The Bertz CT molecular complexity index is 445. The number of nitrogens with one attached hydrogen (secondary N) is 3. The van der Waals surface area contributed by atoms with Gasteiger partial charge >= 0.3 is 6.03 Å². The van der Waals surface area contributed by atoms with E-state index in [-0.39, 0.29) is 24.4 Å². The fourth-order valence-corrected chi connectivity index (χ4v) is 2.75. The largest absolute Gasteiger partial charge is 0.352 e. The summed E-state index contributed by atoms with van der Waals surface area (Å²) < 4.78 is 0. The minimum absolute atomic E-state index is 0.0821. The van der Waals surface area contributed by atoms with Crippen molar-refractivity contribution < 1.29 is 14.4 Å². The van der Waals surface area contributed by atoms with Gasteiger partial charge in [0.1, 0.15) is 0 Å². The van der Waals surface area contributed by atoms with Gasteiger partial charge in [-0.05, 0) is 39.7 Å². The molecule has 0 aliphatic heterocycles. The molecule has 0 heterocycles. The molecule has 2 saturated carbocycles. The number of likely N-dealkylation sites (N-methyl/N-ethyl adjacent to an activating group) is 1. The van der Waals surface area contributed by atoms with Crippen molar-refractivity contribution in [2.45, 2.75) is 70.0 Å². The highest BCUT2D eigenvalue weighted by atomic mass is 16.2. The van der Waals surface area contributed by atoms with Gasteiger partial charge in [0.05, 0.1) is 12.6 Å². The van der Waals surface area contributed by atoms with Crippen molar-refractivity contribution >= 4 is 17.8 Å². The number of imide groups is 1. The molecule has 0 aromatic carbocycles. The fourth-order valence-electron chi connectivity index (χ4n) is 2.75. The Morgan fingerprint density at radius 3 is 2.22 bits per heavy atom. The van der Waals surface area contributed by atoms with Gasteiger partial charge in [-0.15, -0.1) is 0 Å². The molecule has 130 valence electrons. The molecule has 0 aromatic rings. The molecule has 2 rings (SSSR count). The van der Waals surface area contributed by atoms with Gasteiger partial charge in [-0.2, -0.15) is 0 Å². The van der Waals surface area contributed by atoms with E-state index in [9.17, 15) is 14.4 Å². The van der Waals surface area contributed by atoms with Crippen LogP contribution in [0.1, 0.15) is 51.9 Å². The molecule has 0 aromatic heterocycles. The summed E-state index contributed by atoms with van der Waals surface area (Å²) in [5, 5.41) is 8.10. The number of hydrogen-bond acceptors (Lipinski definition) is 4. The highest BCUT2D eigenvalue weighted by molar-refractivity contribution is 5.97. The van der Waals surface area contributed by atoms with Crippen molar-refractivity contribution in [3.8, 4) is 0 Å². The van der Waals surface area contributed by atoms with Gasteiger partial charge in [-0.25, -0.2) is 4.79 Å². The molecule has 7 heteroatoms. The minimum Gasteiger partial charge on any atom is -0.352 e. The van der Waals surface area contributed by atoms with E-state index in [1.165, 1.54) is 6.42 Å². The third kappa shape index (κ3) is 6.17. The molecule has 0 bridgehead atoms. The van der Waals surface area contributed by atoms with Gasteiger partial charge in [0.25, 0.3) is 0 Å². The number of carbonyl (C=O) groups is 3. The summed E-state index contributed by atoms with van der Waals surface area (Å²) in [6.07, 6.45) is 7.46. The van der Waals surface area contributed by atoms with Crippen molar-refractivity contribution in [2.75, 3.05) is 13.6 Å². The molecule has 0 radical (unpaired) electrons. The lowest BCUT2D eigenvalue weighted by molar-refractivity contribution is -0.126. The molecule has 2 aliphatic rings. The number of amides is 4. The maximum atomic E-state index is 12.1. The van der Waals surface area contributed by atoms with Crippen LogP contribution in [0.25, 0.3) is 0 Å². The van der Waals surface area contributed by atoms with Crippen molar-refractivity contribution in [3.63, 3.8) is 0 Å². The Labute approximate surface area is 137 Å². The van der Waals surface area contributed by atoms with Gasteiger partial charge in [0.2, 0.25) is 11.8 Å². The van der Waals surface area contributed by atoms with Crippen LogP contribution in [0, 0.1) is 0 Å². The van der Waals surface area contributed by atoms with Crippen LogP contribution in [0.5, 0.6) is 0 Å². The molecule has 0 spiro atoms. The lowest BCUT2D eigenvalue weighted by atomic mass is 9.96. The van der Waals surface area contributed by atoms with Crippen molar-refractivity contribution in [3.05, 3.63) is 0 Å². The molecule has 0 unspecified atom stereocenters. The quantitative estimate of drug-likeness (QED) is 0.672. The first-order valence-corrected chi connectivity index (χ1v) is 8.56. The van der Waals surface area contributed by atoms with Gasteiger partial charge in [0.15, 0.2) is 0 Å². The summed E-state index contributed by atoms with van der Waals surface area (Å²) in [6.45, 7) is 1.84. The number of hydrogen-bond donors (Lipinski definition) is 3. The van der Waals surface area contributed by atoms with E-state index < -0.39 is 12.1 Å². The monoisotopic (exact) mass is 324 g/mol. The van der Waals surface area contributed by atoms with E-state index in [0.717, 1.165) is 38.5 Å². The van der Waals surface area contributed by atoms with Crippen molar-refractivity contribution in [1.29, 1.82) is 0 Å². The van der Waals surface area contributed by atoms with Crippen LogP contribution < -0.4 is 16.0 Å². The SMILES string of the molecule is C[C@H](C(=O)NC(=O)NC1CCCCC1)N(C)CC(=O)NC1CC1. The average molecular weight is 324 g/mol. The zero-order valence-corrected chi connectivity index (χ0v) is 14.1. The normalized spacial score (nSPS) is 20.0. The molecule has 4 amide bonds. The van der Waals surface area contributed by atoms with E-state index in [1.807, 2.05) is 0 Å². The third-order valence-corrected chi connectivity index (χ3v) is 4.55. The molecule has 23 heavy (non-hydrogen) atoms. The maximum absolute atomic E-state index is 12.1. The fraction of sp³-hybridized carbons (Fsp3) is 0.812. The highest BCUT2D eigenvalue weighted by Gasteiger charge is 2.26. The number of rotatable bonds is 6. The third-order valence-electron chi connectivity index (χ3n) is 4.55. The van der Waals surface area contributed by atoms with Gasteiger partial charge in [0, 0.05) is 12.1 Å². The highest BCUT2D eigenvalue weighted by Crippen LogP contribution is 2.18. The van der Waals surface area contributed by atoms with E-state index in [0.29, 0.717) is 6.04 Å². The smallest absolute Gasteiger partial charge is 0.321 e. The van der Waals surface area contributed by atoms with Crippen LogP contribution >= 0.6 is 0 Å². The zero-order chi connectivity index (χ0) is 16.8. The summed E-state index contributed by atoms with van der Waals surface area (Å²) in [5.74, 6) is -0.471. The summed E-state index contributed by atoms with van der Waals surface area (Å²) >= 11 is 0. The van der Waals surface area contributed by atoms with Crippen LogP contribution in [0.3, 0.4) is 0 Å². The standard InChI is InChI=1S/C16H28N4O3/c1-11(20(2)10-14(21)17-13-8-9-13)15(22)19-16(23)18-12-6-4-3-5-7-12/h11-13H,3-10H2,1-2H3,(H,17,21)(H2,18,19,22,23)/t11-/m1/s1. The molecular weight excluding hydrogens is 296 g/mol. The summed E-state index contributed by atoms with van der Waals surface area (Å²) in [4.78, 5) is 37.4. The second-order valence-electron chi connectivity index (χ2n) is 6.73. The minimum atomic E-state index is -0.544. The van der Waals surface area contributed by atoms with Crippen LogP contribution in [-0.2, 0) is 9.59 Å². The van der Waals surface area contributed by atoms with E-state index in [1.54, 1.807) is 18.9 Å². The molecule has 0 saturated heterocycles. The van der Waals surface area contributed by atoms with E-state index in [4.69, 9.17) is 0 Å². The molecule has 2 fully saturated rings. The van der Waals surface area contributed by atoms with Gasteiger partial charge in [-0.3, -0.25) is 19.8 Å². The van der Waals surface area contributed by atoms with Gasteiger partial charge in [-0.1, -0.05) is 19.3 Å². The van der Waals surface area contributed by atoms with Crippen molar-refractivity contribution in [1.82, 2.24) is 20.9 Å². The lowest BCUT2D eigenvalue weighted by Crippen LogP contribution is -2.52. The Kier molecular flexibility index (Phi) is 6.38. The van der Waals surface area contributed by atoms with E-state index >= 15 is 0 Å². The van der Waals surface area contributed by atoms with E-state index in [2.05, 4.69) is 16.0 Å². The Hall–Kier alpha value is -1.63. The first-order chi connectivity index (χ1) is 11.0. The lowest BCUT2D eigenvalue weighted by Gasteiger charge is -2.25. The second kappa shape index (κ2) is 8.29. The van der Waals surface area contributed by atoms with Crippen LogP contribution in [0.2, 0.25) is 0 Å². The van der Waals surface area contributed by atoms with Gasteiger partial charge < -0.3 is 10.6 Å². The predicted molar refractivity (Wildman–Crippen MR) is 86.8 cm³/mol. The molecule has 1 atom stereocenters. The Morgan fingerprint density at radius 2 is 1.61 bits per heavy atom. The van der Waals surface area contributed by atoms with Crippen molar-refractivity contribution in [2.24, 2.45) is 0 Å². The predicted octanol–water partition coefficient (Wildman–Crippen LogP) is 0.744. The summed E-state index contributed by atoms with van der Waals surface area (Å²) in [5.41, 5.74) is 0. The van der Waals surface area contributed by atoms with Crippen LogP contribution in [0.15, 0.2) is 0 Å². The topological polar surface area (TPSA) is 90.5 Å². The zero-order valence-electron chi connectivity index (χ0n) is 14.1. The number of carbonyl (C=O) groups excluding carboxylic acids is 3. The molecule has 3 N–H and O–H groups in total. The number of urea groups is 1. The summed E-state index contributed by atoms with van der Waals surface area (Å²) in [6, 6.07) is -0.517. The molecule has 2 aliphatic carbocycles. The second-order valence-corrected chi connectivity index (χ2v) is 6.73. The molecular formula is C16H28N4O3. The maximum Gasteiger partial charge on any atom is 0.321 e.